The number of nitrogens with zero attached hydrogens (tertiary/aromatic N) is 2. The van der Waals surface area contributed by atoms with Gasteiger partial charge in [0.15, 0.2) is 0 Å². The third-order valence-corrected chi connectivity index (χ3v) is 4.13. The van der Waals surface area contributed by atoms with Gasteiger partial charge in [-0.25, -0.2) is 0 Å². The van der Waals surface area contributed by atoms with Gasteiger partial charge in [-0.05, 0) is 12.1 Å². The number of fused-ring (bicyclic) bond motifs is 6. The highest BCUT2D eigenvalue weighted by molar-refractivity contribution is 5.68. The Labute approximate surface area is 136 Å². The number of pyridine rings is 2. The summed E-state index contributed by atoms with van der Waals surface area (Å²) < 4.78 is 88.2. The molecule has 2 aliphatic rings. The van der Waals surface area contributed by atoms with E-state index >= 15 is 0 Å². The summed E-state index contributed by atoms with van der Waals surface area (Å²) >= 11 is 0. The van der Waals surface area contributed by atoms with Crippen LogP contribution < -0.4 is 10.6 Å². The SMILES string of the molecule is FC(F)(F)C12Nc3ccncc3C(C(F)(F)F)(Nc3ccncc31)O2. The van der Waals surface area contributed by atoms with E-state index in [4.69, 9.17) is 4.74 Å². The van der Waals surface area contributed by atoms with Gasteiger partial charge in [0.25, 0.3) is 11.4 Å². The number of anilines is 2. The van der Waals surface area contributed by atoms with Gasteiger partial charge in [0, 0.05) is 36.2 Å². The van der Waals surface area contributed by atoms with Crippen LogP contribution in [0.25, 0.3) is 0 Å². The van der Waals surface area contributed by atoms with Crippen LogP contribution in [0.2, 0.25) is 0 Å². The molecule has 0 saturated carbocycles. The van der Waals surface area contributed by atoms with Crippen molar-refractivity contribution in [3.05, 3.63) is 48.0 Å². The van der Waals surface area contributed by atoms with Crippen molar-refractivity contribution in [1.82, 2.24) is 9.97 Å². The van der Waals surface area contributed by atoms with Crippen molar-refractivity contribution in [2.45, 2.75) is 23.8 Å². The molecule has 0 amide bonds. The quantitative estimate of drug-likeness (QED) is 0.703. The Kier molecular flexibility index (Phi) is 2.89. The van der Waals surface area contributed by atoms with Crippen molar-refractivity contribution >= 4 is 11.4 Å². The van der Waals surface area contributed by atoms with E-state index in [9.17, 15) is 26.3 Å². The van der Waals surface area contributed by atoms with E-state index in [1.165, 1.54) is 0 Å². The molecule has 4 rings (SSSR count). The topological polar surface area (TPSA) is 59.1 Å². The second-order valence-electron chi connectivity index (χ2n) is 5.55. The van der Waals surface area contributed by atoms with Crippen molar-refractivity contribution in [2.24, 2.45) is 0 Å². The lowest BCUT2D eigenvalue weighted by molar-refractivity contribution is -0.369. The number of nitrogens with one attached hydrogen (secondary N) is 2. The van der Waals surface area contributed by atoms with Crippen LogP contribution in [-0.2, 0) is 16.2 Å². The predicted octanol–water partition coefficient (Wildman–Crippen LogP) is 3.47. The highest BCUT2D eigenvalue weighted by Crippen LogP contribution is 2.60. The summed E-state index contributed by atoms with van der Waals surface area (Å²) in [5, 5.41) is 4.14. The second kappa shape index (κ2) is 4.54. The number of halogens is 6. The van der Waals surface area contributed by atoms with Crippen molar-refractivity contribution in [3.63, 3.8) is 0 Å². The first kappa shape index (κ1) is 15.9. The molecule has 0 aromatic carbocycles. The number of aromatic nitrogens is 2. The molecule has 2 aromatic heterocycles. The zero-order chi connectivity index (χ0) is 18.1. The predicted molar refractivity (Wildman–Crippen MR) is 72.3 cm³/mol. The van der Waals surface area contributed by atoms with Crippen molar-refractivity contribution in [1.29, 1.82) is 0 Å². The van der Waals surface area contributed by atoms with Crippen LogP contribution in [0.4, 0.5) is 37.7 Å². The molecule has 0 aliphatic carbocycles. The summed E-state index contributed by atoms with van der Waals surface area (Å²) in [6.45, 7) is 0. The fraction of sp³-hybridized carbons (Fsp3) is 0.286. The maximum Gasteiger partial charge on any atom is 0.441 e. The minimum Gasteiger partial charge on any atom is -0.346 e. The van der Waals surface area contributed by atoms with Crippen LogP contribution in [0.5, 0.6) is 0 Å². The van der Waals surface area contributed by atoms with E-state index in [1.54, 1.807) is 0 Å². The average Bonchev–Trinajstić information content (AvgIpc) is 2.53. The molecule has 4 heterocycles. The minimum absolute atomic E-state index is 0.391. The summed E-state index contributed by atoms with van der Waals surface area (Å²) in [7, 11) is 0. The molecule has 2 N–H and O–H groups in total. The zero-order valence-electron chi connectivity index (χ0n) is 12.0. The molecule has 2 aromatic rings. The highest BCUT2D eigenvalue weighted by atomic mass is 19.4. The number of hydrogen-bond donors (Lipinski definition) is 2. The summed E-state index contributed by atoms with van der Waals surface area (Å²) in [6.07, 6.45) is -6.60. The molecule has 0 saturated heterocycles. The van der Waals surface area contributed by atoms with E-state index in [1.807, 2.05) is 0 Å². The fourth-order valence-electron chi connectivity index (χ4n) is 3.04. The minimum atomic E-state index is -5.20. The molecular weight excluding hydrogens is 354 g/mol. The molecule has 2 aliphatic heterocycles. The Morgan fingerprint density at radius 3 is 1.52 bits per heavy atom. The van der Waals surface area contributed by atoms with Gasteiger partial charge in [0.1, 0.15) is 0 Å². The fourth-order valence-corrected chi connectivity index (χ4v) is 3.04. The molecular formula is C14H8F6N4O. The van der Waals surface area contributed by atoms with Gasteiger partial charge in [-0.15, -0.1) is 0 Å². The lowest BCUT2D eigenvalue weighted by Gasteiger charge is -2.54. The Bertz CT molecular complexity index is 784. The number of ether oxygens (including phenoxy) is 1. The monoisotopic (exact) mass is 362 g/mol. The van der Waals surface area contributed by atoms with E-state index in [0.29, 0.717) is 0 Å². The first-order chi connectivity index (χ1) is 11.6. The second-order valence-corrected chi connectivity index (χ2v) is 5.55. The van der Waals surface area contributed by atoms with Gasteiger partial charge in [0.2, 0.25) is 0 Å². The molecule has 2 atom stereocenters. The molecule has 2 bridgehead atoms. The average molecular weight is 362 g/mol. The molecule has 2 unspecified atom stereocenters. The molecule has 11 heteroatoms. The van der Waals surface area contributed by atoms with E-state index in [2.05, 4.69) is 20.6 Å². The highest BCUT2D eigenvalue weighted by Gasteiger charge is 2.74. The normalized spacial score (nSPS) is 27.6. The molecule has 132 valence electrons. The van der Waals surface area contributed by atoms with Gasteiger partial charge >= 0.3 is 12.4 Å². The molecule has 25 heavy (non-hydrogen) atoms. The maximum absolute atomic E-state index is 13.9. The van der Waals surface area contributed by atoms with Crippen LogP contribution in [0.1, 0.15) is 11.1 Å². The number of alkyl halides is 6. The number of hydrogen-bond acceptors (Lipinski definition) is 5. The number of rotatable bonds is 0. The summed E-state index contributed by atoms with van der Waals surface area (Å²) in [4.78, 5) is 7.18. The lowest BCUT2D eigenvalue weighted by Crippen LogP contribution is -2.67. The van der Waals surface area contributed by atoms with Crippen LogP contribution in [0.3, 0.4) is 0 Å². The lowest BCUT2D eigenvalue weighted by atomic mass is 9.88. The van der Waals surface area contributed by atoms with E-state index in [0.717, 1.165) is 36.9 Å². The van der Waals surface area contributed by atoms with Gasteiger partial charge in [0.05, 0.1) is 11.1 Å². The van der Waals surface area contributed by atoms with E-state index < -0.39 is 46.3 Å². The largest absolute Gasteiger partial charge is 0.441 e. The van der Waals surface area contributed by atoms with Gasteiger partial charge in [-0.3, -0.25) is 9.97 Å². The maximum atomic E-state index is 13.9. The first-order valence-corrected chi connectivity index (χ1v) is 6.90. The molecule has 0 spiro atoms. The molecule has 5 nitrogen and oxygen atoms in total. The van der Waals surface area contributed by atoms with Crippen LogP contribution >= 0.6 is 0 Å². The van der Waals surface area contributed by atoms with Crippen molar-refractivity contribution < 1.29 is 31.1 Å². The standard InChI is InChI=1S/C14H8F6N4O/c15-13(16,17)11-7-5-21-3-1-9(7)23-12(25-11,14(18,19)20)8-6-22-4-2-10(8)24-11/h1-6,23-24H. The van der Waals surface area contributed by atoms with Crippen LogP contribution in [0, 0.1) is 0 Å². The Hall–Kier alpha value is -2.56. The van der Waals surface area contributed by atoms with Gasteiger partial charge in [-0.1, -0.05) is 0 Å². The van der Waals surface area contributed by atoms with Crippen LogP contribution in [0.15, 0.2) is 36.9 Å². The smallest absolute Gasteiger partial charge is 0.346 e. The summed E-state index contributed by atoms with van der Waals surface area (Å²) in [6, 6.07) is 2.06. The Morgan fingerprint density at radius 2 is 1.16 bits per heavy atom. The van der Waals surface area contributed by atoms with E-state index in [-0.39, 0.29) is 0 Å². The first-order valence-electron chi connectivity index (χ1n) is 6.90. The summed E-state index contributed by atoms with van der Waals surface area (Å²) in [5.74, 6) is 0. The van der Waals surface area contributed by atoms with Crippen molar-refractivity contribution in [3.8, 4) is 0 Å². The van der Waals surface area contributed by atoms with Crippen LogP contribution in [-0.4, -0.2) is 22.3 Å². The van der Waals surface area contributed by atoms with Gasteiger partial charge < -0.3 is 15.4 Å². The summed E-state index contributed by atoms with van der Waals surface area (Å²) in [5.41, 5.74) is -8.79. The zero-order valence-corrected chi connectivity index (χ0v) is 12.0. The molecule has 0 radical (unpaired) electrons. The Morgan fingerprint density at radius 1 is 0.760 bits per heavy atom. The third kappa shape index (κ3) is 1.89. The van der Waals surface area contributed by atoms with Gasteiger partial charge in [-0.2, -0.15) is 26.3 Å². The third-order valence-electron chi connectivity index (χ3n) is 4.13. The van der Waals surface area contributed by atoms with Crippen molar-refractivity contribution in [2.75, 3.05) is 10.6 Å². The molecule has 0 fully saturated rings. The Balaban J connectivity index is 2.10.